The fourth-order valence-electron chi connectivity index (χ4n) is 2.19. The fourth-order valence-corrected chi connectivity index (χ4v) is 2.58. The number of hydrogen-bond acceptors (Lipinski definition) is 3. The number of nitro groups is 1. The SMILES string of the molecule is CCCC(Cl)Cc1ccc([N+](=O)[O-])c2cccnc12. The predicted molar refractivity (Wildman–Crippen MR) is 76.7 cm³/mol. The van der Waals surface area contributed by atoms with Gasteiger partial charge in [0.15, 0.2) is 0 Å². The van der Waals surface area contributed by atoms with Gasteiger partial charge in [-0.3, -0.25) is 15.1 Å². The zero-order valence-corrected chi connectivity index (χ0v) is 11.4. The molecule has 0 aliphatic carbocycles. The van der Waals surface area contributed by atoms with E-state index in [4.69, 9.17) is 11.6 Å². The first kappa shape index (κ1) is 13.7. The first-order chi connectivity index (χ1) is 9.13. The molecule has 0 aliphatic rings. The maximum Gasteiger partial charge on any atom is 0.278 e. The van der Waals surface area contributed by atoms with Gasteiger partial charge >= 0.3 is 0 Å². The number of fused-ring (bicyclic) bond motifs is 1. The van der Waals surface area contributed by atoms with Crippen LogP contribution >= 0.6 is 11.6 Å². The number of nitrogens with zero attached hydrogens (tertiary/aromatic N) is 2. The summed E-state index contributed by atoms with van der Waals surface area (Å²) >= 11 is 6.26. The molecule has 100 valence electrons. The highest BCUT2D eigenvalue weighted by molar-refractivity contribution is 6.20. The van der Waals surface area contributed by atoms with Gasteiger partial charge in [0.2, 0.25) is 0 Å². The highest BCUT2D eigenvalue weighted by atomic mass is 35.5. The molecule has 0 spiro atoms. The van der Waals surface area contributed by atoms with Gasteiger partial charge < -0.3 is 0 Å². The third-order valence-electron chi connectivity index (χ3n) is 3.07. The maximum atomic E-state index is 11.0. The standard InChI is InChI=1S/C14H15ClN2O2/c1-2-4-11(15)9-10-6-7-13(17(18)19)12-5-3-8-16-14(10)12/h3,5-8,11H,2,4,9H2,1H3. The Bertz CT molecular complexity index is 601. The second-order valence-corrected chi connectivity index (χ2v) is 5.11. The van der Waals surface area contributed by atoms with Crippen LogP contribution in [0.2, 0.25) is 0 Å². The summed E-state index contributed by atoms with van der Waals surface area (Å²) in [5.41, 5.74) is 1.74. The van der Waals surface area contributed by atoms with Crippen LogP contribution in [-0.4, -0.2) is 15.3 Å². The van der Waals surface area contributed by atoms with Crippen LogP contribution in [0.1, 0.15) is 25.3 Å². The van der Waals surface area contributed by atoms with Crippen molar-refractivity contribution in [2.24, 2.45) is 0 Å². The van der Waals surface area contributed by atoms with Crippen molar-refractivity contribution in [1.29, 1.82) is 0 Å². The molecule has 1 aromatic carbocycles. The van der Waals surface area contributed by atoms with Crippen molar-refractivity contribution >= 4 is 28.2 Å². The molecule has 0 fully saturated rings. The van der Waals surface area contributed by atoms with E-state index in [-0.39, 0.29) is 16.0 Å². The number of nitro benzene ring substituents is 1. The van der Waals surface area contributed by atoms with Gasteiger partial charge in [0.05, 0.1) is 15.8 Å². The van der Waals surface area contributed by atoms with Crippen LogP contribution < -0.4 is 0 Å². The van der Waals surface area contributed by atoms with E-state index in [0.717, 1.165) is 18.4 Å². The van der Waals surface area contributed by atoms with Gasteiger partial charge in [0.25, 0.3) is 5.69 Å². The molecular weight excluding hydrogens is 264 g/mol. The molecule has 0 saturated carbocycles. The molecule has 1 unspecified atom stereocenters. The van der Waals surface area contributed by atoms with Gasteiger partial charge in [-0.25, -0.2) is 0 Å². The van der Waals surface area contributed by atoms with E-state index in [2.05, 4.69) is 11.9 Å². The quantitative estimate of drug-likeness (QED) is 0.470. The summed E-state index contributed by atoms with van der Waals surface area (Å²) in [6, 6.07) is 6.74. The summed E-state index contributed by atoms with van der Waals surface area (Å²) in [5, 5.41) is 11.6. The molecule has 2 aromatic rings. The summed E-state index contributed by atoms with van der Waals surface area (Å²) in [4.78, 5) is 14.9. The lowest BCUT2D eigenvalue weighted by molar-refractivity contribution is -0.383. The summed E-state index contributed by atoms with van der Waals surface area (Å²) in [6.45, 7) is 2.08. The Kier molecular flexibility index (Phi) is 4.32. The second-order valence-electron chi connectivity index (χ2n) is 4.49. The van der Waals surface area contributed by atoms with Crippen molar-refractivity contribution in [1.82, 2.24) is 4.98 Å². The summed E-state index contributed by atoms with van der Waals surface area (Å²) < 4.78 is 0. The van der Waals surface area contributed by atoms with Crippen molar-refractivity contribution in [3.05, 3.63) is 46.1 Å². The van der Waals surface area contributed by atoms with E-state index >= 15 is 0 Å². The van der Waals surface area contributed by atoms with Gasteiger partial charge in [-0.15, -0.1) is 11.6 Å². The number of aromatic nitrogens is 1. The topological polar surface area (TPSA) is 56.0 Å². The molecule has 1 heterocycles. The van der Waals surface area contributed by atoms with Crippen molar-refractivity contribution < 1.29 is 4.92 Å². The number of hydrogen-bond donors (Lipinski definition) is 0. The number of pyridine rings is 1. The second kappa shape index (κ2) is 5.97. The van der Waals surface area contributed by atoms with Crippen molar-refractivity contribution in [3.63, 3.8) is 0 Å². The van der Waals surface area contributed by atoms with Crippen LogP contribution in [0.4, 0.5) is 5.69 Å². The number of halogens is 1. The molecule has 0 saturated heterocycles. The van der Waals surface area contributed by atoms with E-state index in [9.17, 15) is 10.1 Å². The number of rotatable bonds is 5. The average molecular weight is 279 g/mol. The van der Waals surface area contributed by atoms with Crippen molar-refractivity contribution in [2.75, 3.05) is 0 Å². The Balaban J connectivity index is 2.46. The highest BCUT2D eigenvalue weighted by Gasteiger charge is 2.16. The molecule has 4 nitrogen and oxygen atoms in total. The monoisotopic (exact) mass is 278 g/mol. The summed E-state index contributed by atoms with van der Waals surface area (Å²) in [5.74, 6) is 0. The van der Waals surface area contributed by atoms with E-state index in [1.807, 2.05) is 0 Å². The lowest BCUT2D eigenvalue weighted by atomic mass is 10.0. The normalized spacial score (nSPS) is 12.5. The predicted octanol–water partition coefficient (Wildman–Crippen LogP) is 4.09. The number of benzene rings is 1. The van der Waals surface area contributed by atoms with Crippen molar-refractivity contribution in [2.45, 2.75) is 31.6 Å². The Morgan fingerprint density at radius 1 is 1.42 bits per heavy atom. The minimum Gasteiger partial charge on any atom is -0.258 e. The van der Waals surface area contributed by atoms with Crippen LogP contribution in [0.25, 0.3) is 10.9 Å². The van der Waals surface area contributed by atoms with E-state index < -0.39 is 0 Å². The Labute approximate surface area is 116 Å². The highest BCUT2D eigenvalue weighted by Crippen LogP contribution is 2.28. The van der Waals surface area contributed by atoms with Crippen LogP contribution in [0, 0.1) is 10.1 Å². The van der Waals surface area contributed by atoms with Gasteiger partial charge in [0.1, 0.15) is 0 Å². The molecule has 1 atom stereocenters. The van der Waals surface area contributed by atoms with Gasteiger partial charge in [0, 0.05) is 17.6 Å². The Morgan fingerprint density at radius 2 is 2.21 bits per heavy atom. The van der Waals surface area contributed by atoms with Gasteiger partial charge in [-0.2, -0.15) is 0 Å². The molecule has 0 amide bonds. The smallest absolute Gasteiger partial charge is 0.258 e. The first-order valence-electron chi connectivity index (χ1n) is 6.28. The van der Waals surface area contributed by atoms with Crippen LogP contribution in [0.3, 0.4) is 0 Å². The lowest BCUT2D eigenvalue weighted by Crippen LogP contribution is -2.04. The van der Waals surface area contributed by atoms with E-state index in [1.54, 1.807) is 24.4 Å². The van der Waals surface area contributed by atoms with E-state index in [0.29, 0.717) is 17.3 Å². The molecular formula is C14H15ClN2O2. The molecule has 1 aromatic heterocycles. The minimum atomic E-state index is -0.377. The third-order valence-corrected chi connectivity index (χ3v) is 3.44. The summed E-state index contributed by atoms with van der Waals surface area (Å²) in [6.07, 6.45) is 4.28. The number of alkyl halides is 1. The Morgan fingerprint density at radius 3 is 2.89 bits per heavy atom. The maximum absolute atomic E-state index is 11.0. The van der Waals surface area contributed by atoms with Crippen molar-refractivity contribution in [3.8, 4) is 0 Å². The molecule has 0 bridgehead atoms. The van der Waals surface area contributed by atoms with Gasteiger partial charge in [-0.05, 0) is 36.6 Å². The van der Waals surface area contributed by atoms with Gasteiger partial charge in [-0.1, -0.05) is 13.3 Å². The molecule has 5 heteroatoms. The zero-order chi connectivity index (χ0) is 13.8. The zero-order valence-electron chi connectivity index (χ0n) is 10.7. The van der Waals surface area contributed by atoms with Crippen LogP contribution in [-0.2, 0) is 6.42 Å². The van der Waals surface area contributed by atoms with E-state index in [1.165, 1.54) is 6.07 Å². The fraction of sp³-hybridized carbons (Fsp3) is 0.357. The molecule has 0 radical (unpaired) electrons. The van der Waals surface area contributed by atoms with Crippen LogP contribution in [0.15, 0.2) is 30.5 Å². The minimum absolute atomic E-state index is 0.0386. The molecule has 0 aliphatic heterocycles. The summed E-state index contributed by atoms with van der Waals surface area (Å²) in [7, 11) is 0. The molecule has 2 rings (SSSR count). The average Bonchev–Trinajstić information content (AvgIpc) is 2.39. The third kappa shape index (κ3) is 3.01. The Hall–Kier alpha value is -1.68. The first-order valence-corrected chi connectivity index (χ1v) is 6.72. The van der Waals surface area contributed by atoms with Crippen LogP contribution in [0.5, 0.6) is 0 Å². The largest absolute Gasteiger partial charge is 0.278 e. The molecule has 0 N–H and O–H groups in total. The molecule has 19 heavy (non-hydrogen) atoms. The lowest BCUT2D eigenvalue weighted by Gasteiger charge is -2.10. The number of non-ortho nitro benzene ring substituents is 1.